The second kappa shape index (κ2) is 9.67. The molecule has 1 heterocycles. The first-order valence-corrected chi connectivity index (χ1v) is 11.6. The van der Waals surface area contributed by atoms with Gasteiger partial charge in [-0.15, -0.1) is 0 Å². The van der Waals surface area contributed by atoms with E-state index in [4.69, 9.17) is 9.83 Å². The Balaban J connectivity index is 1.84. The number of hydrogen-bond donors (Lipinski definition) is 1. The van der Waals surface area contributed by atoms with Crippen molar-refractivity contribution >= 4 is 22.3 Å². The summed E-state index contributed by atoms with van der Waals surface area (Å²) in [5.41, 5.74) is 6.52. The van der Waals surface area contributed by atoms with Crippen LogP contribution in [0.5, 0.6) is 0 Å². The summed E-state index contributed by atoms with van der Waals surface area (Å²) in [5, 5.41) is 9.65. The van der Waals surface area contributed by atoms with Gasteiger partial charge < -0.3 is 24.5 Å². The lowest BCUT2D eigenvalue weighted by Crippen LogP contribution is -2.26. The molecule has 1 aliphatic carbocycles. The highest BCUT2D eigenvalue weighted by Crippen LogP contribution is 2.41. The molecule has 0 bridgehead atoms. The number of hydrogen-bond acceptors (Lipinski definition) is 5. The molecular formula is C28H34N4O. The Hall–Kier alpha value is -3.31. The van der Waals surface area contributed by atoms with Gasteiger partial charge in [0.1, 0.15) is 11.3 Å². The van der Waals surface area contributed by atoms with Crippen LogP contribution in [0.4, 0.5) is 11.4 Å². The predicted octanol–water partition coefficient (Wildman–Crippen LogP) is 5.53. The maximum atomic E-state index is 8.11. The fourth-order valence-electron chi connectivity index (χ4n) is 4.36. The molecule has 2 aliphatic rings. The lowest BCUT2D eigenvalue weighted by Gasteiger charge is -2.25. The summed E-state index contributed by atoms with van der Waals surface area (Å²) in [7, 11) is 8.33. The van der Waals surface area contributed by atoms with Crippen molar-refractivity contribution in [3.8, 4) is 22.5 Å². The van der Waals surface area contributed by atoms with Gasteiger partial charge in [-0.25, -0.2) is 0 Å². The predicted molar refractivity (Wildman–Crippen MR) is 140 cm³/mol. The fourth-order valence-corrected chi connectivity index (χ4v) is 4.36. The van der Waals surface area contributed by atoms with Gasteiger partial charge in [-0.2, -0.15) is 0 Å². The van der Waals surface area contributed by atoms with Gasteiger partial charge in [0.2, 0.25) is 0 Å². The van der Waals surface area contributed by atoms with Gasteiger partial charge in [0.25, 0.3) is 0 Å². The molecule has 1 aliphatic heterocycles. The largest absolute Gasteiger partial charge is 0.456 e. The lowest BCUT2D eigenvalue weighted by molar-refractivity contribution is 0.400. The number of anilines is 2. The minimum atomic E-state index is 0.453. The molecule has 0 unspecified atom stereocenters. The van der Waals surface area contributed by atoms with Gasteiger partial charge in [0, 0.05) is 67.2 Å². The molecule has 33 heavy (non-hydrogen) atoms. The van der Waals surface area contributed by atoms with Crippen LogP contribution >= 0.6 is 0 Å². The van der Waals surface area contributed by atoms with Crippen LogP contribution in [-0.2, 0) is 0 Å². The van der Waals surface area contributed by atoms with E-state index in [1.807, 2.05) is 18.2 Å². The van der Waals surface area contributed by atoms with Crippen molar-refractivity contribution in [1.29, 1.82) is 5.41 Å². The van der Waals surface area contributed by atoms with Crippen molar-refractivity contribution in [3.63, 3.8) is 0 Å². The normalized spacial score (nSPS) is 11.5. The molecule has 0 saturated heterocycles. The smallest absolute Gasteiger partial charge is 0.137 e. The van der Waals surface area contributed by atoms with Crippen LogP contribution < -0.4 is 15.2 Å². The number of fused-ring (bicyclic) bond motifs is 2. The van der Waals surface area contributed by atoms with Crippen LogP contribution in [0.1, 0.15) is 13.3 Å². The van der Waals surface area contributed by atoms with Crippen LogP contribution in [-0.4, -0.2) is 52.7 Å². The summed E-state index contributed by atoms with van der Waals surface area (Å²) in [6.45, 7) is 5.21. The third kappa shape index (κ3) is 4.88. The van der Waals surface area contributed by atoms with E-state index in [1.54, 1.807) is 0 Å². The molecule has 0 atom stereocenters. The Morgan fingerprint density at radius 1 is 0.818 bits per heavy atom. The van der Waals surface area contributed by atoms with Crippen LogP contribution in [0, 0.1) is 5.41 Å². The molecule has 5 nitrogen and oxygen atoms in total. The molecular weight excluding hydrogens is 408 g/mol. The lowest BCUT2D eigenvalue weighted by atomic mass is 9.93. The zero-order valence-corrected chi connectivity index (χ0v) is 20.4. The van der Waals surface area contributed by atoms with Crippen LogP contribution in [0.2, 0.25) is 0 Å². The average Bonchev–Trinajstić information content (AvgIpc) is 2.79. The van der Waals surface area contributed by atoms with Crippen molar-refractivity contribution < 1.29 is 4.42 Å². The second-order valence-corrected chi connectivity index (χ2v) is 9.05. The SMILES string of the molecule is CCN(CCCN(C)C)c1ccc2c(-c3ccc(N(C)C)cc3)c3ccc(=N)cc-3oc2c1. The third-order valence-corrected chi connectivity index (χ3v) is 6.16. The van der Waals surface area contributed by atoms with Gasteiger partial charge in [0.15, 0.2) is 0 Å². The van der Waals surface area contributed by atoms with Gasteiger partial charge in [-0.3, -0.25) is 0 Å². The van der Waals surface area contributed by atoms with Gasteiger partial charge in [-0.1, -0.05) is 12.1 Å². The third-order valence-electron chi connectivity index (χ3n) is 6.16. The Bertz CT molecular complexity index is 1260. The molecule has 1 N–H and O–H groups in total. The standard InChI is InChI=1S/C28H34N4O/c1-6-32(17-7-16-30(2)3)23-13-15-25-27(19-23)33-26-18-21(29)10-14-24(26)28(25)20-8-11-22(12-9-20)31(4)5/h8-15,18-19,29H,6-7,16-17H2,1-5H3. The molecule has 172 valence electrons. The maximum absolute atomic E-state index is 8.11. The van der Waals surface area contributed by atoms with Crippen molar-refractivity contribution in [2.75, 3.05) is 57.6 Å². The zero-order valence-electron chi connectivity index (χ0n) is 20.4. The molecule has 2 aromatic rings. The Morgan fingerprint density at radius 2 is 1.55 bits per heavy atom. The highest BCUT2D eigenvalue weighted by Gasteiger charge is 2.18. The highest BCUT2D eigenvalue weighted by molar-refractivity contribution is 6.02. The van der Waals surface area contributed by atoms with E-state index < -0.39 is 0 Å². The summed E-state index contributed by atoms with van der Waals surface area (Å²) in [5.74, 6) is 0.745. The molecule has 2 aromatic carbocycles. The van der Waals surface area contributed by atoms with Crippen LogP contribution in [0.25, 0.3) is 33.4 Å². The molecule has 0 amide bonds. The number of rotatable bonds is 8. The van der Waals surface area contributed by atoms with E-state index in [9.17, 15) is 0 Å². The molecule has 4 rings (SSSR count). The summed E-state index contributed by atoms with van der Waals surface area (Å²) < 4.78 is 6.37. The zero-order chi connectivity index (χ0) is 23.5. The van der Waals surface area contributed by atoms with Crippen molar-refractivity contribution in [3.05, 3.63) is 66.0 Å². The first kappa shape index (κ1) is 22.9. The van der Waals surface area contributed by atoms with Gasteiger partial charge >= 0.3 is 0 Å². The van der Waals surface area contributed by atoms with E-state index in [0.29, 0.717) is 5.36 Å². The molecule has 0 radical (unpaired) electrons. The van der Waals surface area contributed by atoms with E-state index >= 15 is 0 Å². The summed E-state index contributed by atoms with van der Waals surface area (Å²) in [4.78, 5) is 6.73. The molecule has 0 aromatic heterocycles. The van der Waals surface area contributed by atoms with E-state index in [0.717, 1.165) is 59.5 Å². The van der Waals surface area contributed by atoms with Crippen molar-refractivity contribution in [2.45, 2.75) is 13.3 Å². The second-order valence-electron chi connectivity index (χ2n) is 9.05. The Labute approximate surface area is 196 Å². The fraction of sp³-hybridized carbons (Fsp3) is 0.321. The number of nitrogens with one attached hydrogen (secondary N) is 1. The number of benzene rings is 3. The molecule has 0 fully saturated rings. The van der Waals surface area contributed by atoms with E-state index in [-0.39, 0.29) is 0 Å². The van der Waals surface area contributed by atoms with Crippen LogP contribution in [0.15, 0.2) is 65.1 Å². The Morgan fingerprint density at radius 3 is 2.21 bits per heavy atom. The number of nitrogens with zero attached hydrogens (tertiary/aromatic N) is 3. The topological polar surface area (TPSA) is 46.7 Å². The van der Waals surface area contributed by atoms with Crippen molar-refractivity contribution in [1.82, 2.24) is 4.90 Å². The summed E-state index contributed by atoms with van der Waals surface area (Å²) >= 11 is 0. The van der Waals surface area contributed by atoms with E-state index in [2.05, 4.69) is 92.3 Å². The van der Waals surface area contributed by atoms with Crippen LogP contribution in [0.3, 0.4) is 0 Å². The average molecular weight is 443 g/mol. The first-order valence-electron chi connectivity index (χ1n) is 11.6. The minimum absolute atomic E-state index is 0.453. The molecule has 0 saturated carbocycles. The van der Waals surface area contributed by atoms with Gasteiger partial charge in [0.05, 0.1) is 5.36 Å². The maximum Gasteiger partial charge on any atom is 0.137 e. The van der Waals surface area contributed by atoms with Gasteiger partial charge in [-0.05, 0) is 75.9 Å². The van der Waals surface area contributed by atoms with Crippen molar-refractivity contribution in [2.24, 2.45) is 0 Å². The monoisotopic (exact) mass is 442 g/mol. The first-order chi connectivity index (χ1) is 15.9. The Kier molecular flexibility index (Phi) is 6.70. The molecule has 5 heteroatoms. The summed E-state index contributed by atoms with van der Waals surface area (Å²) in [6.07, 6.45) is 1.11. The van der Waals surface area contributed by atoms with E-state index in [1.165, 1.54) is 11.4 Å². The molecule has 0 spiro atoms. The quantitative estimate of drug-likeness (QED) is 0.365. The summed E-state index contributed by atoms with van der Waals surface area (Å²) in [6, 6.07) is 20.8. The minimum Gasteiger partial charge on any atom is -0.456 e. The highest BCUT2D eigenvalue weighted by atomic mass is 16.3.